The zero-order valence-electron chi connectivity index (χ0n) is 16.7. The lowest BCUT2D eigenvalue weighted by Gasteiger charge is -2.15. The van der Waals surface area contributed by atoms with Crippen LogP contribution in [0.4, 0.5) is 4.39 Å². The summed E-state index contributed by atoms with van der Waals surface area (Å²) in [6.45, 7) is 2.05. The van der Waals surface area contributed by atoms with E-state index in [1.807, 2.05) is 4.90 Å². The lowest BCUT2D eigenvalue weighted by Crippen LogP contribution is -2.36. The standard InChI is InChI=1S/C21H21ClFN5O3/c22-15-9-13(3-4-16(15)23)31-12-18-26-20-14(21(30)27-18)5-6-25-17(20)10-24-11-19(29)28-7-1-2-8-28/h3-6,9,24H,1-2,7-8,10-12H2,(H,26,27,30). The Bertz CT molecular complexity index is 1160. The molecule has 2 aromatic heterocycles. The predicted octanol–water partition coefficient (Wildman–Crippen LogP) is 2.40. The van der Waals surface area contributed by atoms with Gasteiger partial charge in [0, 0.05) is 31.9 Å². The Labute approximate surface area is 182 Å². The summed E-state index contributed by atoms with van der Waals surface area (Å²) < 4.78 is 18.9. The Morgan fingerprint density at radius 1 is 1.29 bits per heavy atom. The number of carbonyl (C=O) groups excluding carboxylic acids is 1. The summed E-state index contributed by atoms with van der Waals surface area (Å²) in [5.74, 6) is 0.149. The molecule has 3 heterocycles. The third-order valence-corrected chi connectivity index (χ3v) is 5.33. The number of H-pyrrole nitrogens is 1. The van der Waals surface area contributed by atoms with Gasteiger partial charge in [-0.2, -0.15) is 0 Å². The summed E-state index contributed by atoms with van der Waals surface area (Å²) in [5, 5.41) is 3.43. The third-order valence-electron chi connectivity index (χ3n) is 5.04. The van der Waals surface area contributed by atoms with Crippen molar-refractivity contribution in [2.45, 2.75) is 26.0 Å². The van der Waals surface area contributed by atoms with E-state index in [1.165, 1.54) is 24.4 Å². The highest BCUT2D eigenvalue weighted by Gasteiger charge is 2.17. The molecular weight excluding hydrogens is 425 g/mol. The smallest absolute Gasteiger partial charge is 0.258 e. The number of carbonyl (C=O) groups is 1. The van der Waals surface area contributed by atoms with Gasteiger partial charge in [-0.15, -0.1) is 0 Å². The molecule has 31 heavy (non-hydrogen) atoms. The van der Waals surface area contributed by atoms with Gasteiger partial charge in [0.15, 0.2) is 0 Å². The van der Waals surface area contributed by atoms with E-state index in [2.05, 4.69) is 20.3 Å². The van der Waals surface area contributed by atoms with Crippen molar-refractivity contribution in [2.75, 3.05) is 19.6 Å². The average molecular weight is 446 g/mol. The summed E-state index contributed by atoms with van der Waals surface area (Å²) in [6, 6.07) is 5.58. The molecule has 1 aromatic carbocycles. The van der Waals surface area contributed by atoms with Crippen molar-refractivity contribution in [2.24, 2.45) is 0 Å². The number of benzene rings is 1. The number of aromatic amines is 1. The van der Waals surface area contributed by atoms with Crippen molar-refractivity contribution in [3.05, 3.63) is 63.2 Å². The van der Waals surface area contributed by atoms with Gasteiger partial charge in [0.1, 0.15) is 29.5 Å². The number of aromatic nitrogens is 3. The second-order valence-corrected chi connectivity index (χ2v) is 7.63. The van der Waals surface area contributed by atoms with E-state index < -0.39 is 5.82 Å². The van der Waals surface area contributed by atoms with Crippen LogP contribution >= 0.6 is 11.6 Å². The fourth-order valence-electron chi connectivity index (χ4n) is 3.45. The molecule has 0 saturated carbocycles. The number of likely N-dealkylation sites (tertiary alicyclic amines) is 1. The van der Waals surface area contributed by atoms with Crippen LogP contribution in [0.15, 0.2) is 35.3 Å². The van der Waals surface area contributed by atoms with E-state index in [0.29, 0.717) is 34.7 Å². The van der Waals surface area contributed by atoms with Gasteiger partial charge in [-0.05, 0) is 31.0 Å². The molecule has 0 aliphatic carbocycles. The molecular formula is C21H21ClFN5O3. The third kappa shape index (κ3) is 5.00. The van der Waals surface area contributed by atoms with E-state index in [9.17, 15) is 14.0 Å². The zero-order chi connectivity index (χ0) is 21.8. The summed E-state index contributed by atoms with van der Waals surface area (Å²) >= 11 is 5.76. The maximum Gasteiger partial charge on any atom is 0.258 e. The van der Waals surface area contributed by atoms with Crippen molar-refractivity contribution >= 4 is 28.4 Å². The topological polar surface area (TPSA) is 100 Å². The molecule has 1 fully saturated rings. The second-order valence-electron chi connectivity index (χ2n) is 7.22. The first kappa shape index (κ1) is 21.2. The summed E-state index contributed by atoms with van der Waals surface area (Å²) in [6.07, 6.45) is 3.62. The quantitative estimate of drug-likeness (QED) is 0.579. The van der Waals surface area contributed by atoms with Gasteiger partial charge in [-0.25, -0.2) is 9.37 Å². The molecule has 1 saturated heterocycles. The minimum atomic E-state index is -0.544. The number of hydrogen-bond donors (Lipinski definition) is 2. The largest absolute Gasteiger partial charge is 0.486 e. The lowest BCUT2D eigenvalue weighted by atomic mass is 10.2. The van der Waals surface area contributed by atoms with Gasteiger partial charge in [-0.1, -0.05) is 11.6 Å². The fourth-order valence-corrected chi connectivity index (χ4v) is 3.62. The Hall–Kier alpha value is -3.04. The van der Waals surface area contributed by atoms with Gasteiger partial charge in [-0.3, -0.25) is 14.6 Å². The van der Waals surface area contributed by atoms with Crippen LogP contribution in [-0.2, 0) is 17.9 Å². The van der Waals surface area contributed by atoms with Crippen molar-refractivity contribution in [3.63, 3.8) is 0 Å². The highest BCUT2D eigenvalue weighted by atomic mass is 35.5. The van der Waals surface area contributed by atoms with Gasteiger partial charge in [0.25, 0.3) is 5.56 Å². The molecule has 0 bridgehead atoms. The minimum Gasteiger partial charge on any atom is -0.486 e. The van der Waals surface area contributed by atoms with Crippen molar-refractivity contribution < 1.29 is 13.9 Å². The first-order valence-electron chi connectivity index (χ1n) is 9.94. The highest BCUT2D eigenvalue weighted by molar-refractivity contribution is 6.30. The molecule has 2 N–H and O–H groups in total. The number of nitrogens with one attached hydrogen (secondary N) is 2. The van der Waals surface area contributed by atoms with E-state index in [0.717, 1.165) is 25.9 Å². The summed E-state index contributed by atoms with van der Waals surface area (Å²) in [7, 11) is 0. The maximum atomic E-state index is 13.3. The van der Waals surface area contributed by atoms with E-state index in [1.54, 1.807) is 6.07 Å². The molecule has 1 aliphatic heterocycles. The lowest BCUT2D eigenvalue weighted by molar-refractivity contribution is -0.129. The molecule has 162 valence electrons. The SMILES string of the molecule is O=C(CNCc1nccc2c(=O)[nH]c(COc3ccc(F)c(Cl)c3)nc12)N1CCCC1. The Balaban J connectivity index is 1.47. The fraction of sp³-hybridized carbons (Fsp3) is 0.333. The van der Waals surface area contributed by atoms with Crippen LogP contribution in [0.1, 0.15) is 24.4 Å². The number of nitrogens with zero attached hydrogens (tertiary/aromatic N) is 3. The molecule has 0 radical (unpaired) electrons. The van der Waals surface area contributed by atoms with E-state index in [4.69, 9.17) is 16.3 Å². The molecule has 4 rings (SSSR count). The van der Waals surface area contributed by atoms with Crippen LogP contribution in [0.25, 0.3) is 10.9 Å². The molecule has 10 heteroatoms. The Morgan fingerprint density at radius 2 is 2.10 bits per heavy atom. The number of fused-ring (bicyclic) bond motifs is 1. The monoisotopic (exact) mass is 445 g/mol. The Kier molecular flexibility index (Phi) is 6.43. The minimum absolute atomic E-state index is 0.0393. The number of amides is 1. The predicted molar refractivity (Wildman–Crippen MR) is 113 cm³/mol. The molecule has 0 unspecified atom stereocenters. The van der Waals surface area contributed by atoms with Crippen LogP contribution in [0, 0.1) is 5.82 Å². The summed E-state index contributed by atoms with van der Waals surface area (Å²) in [5.41, 5.74) is 0.671. The Morgan fingerprint density at radius 3 is 2.87 bits per heavy atom. The van der Waals surface area contributed by atoms with Crippen LogP contribution in [0.5, 0.6) is 5.75 Å². The van der Waals surface area contributed by atoms with E-state index >= 15 is 0 Å². The first-order chi connectivity index (χ1) is 15.0. The average Bonchev–Trinajstić information content (AvgIpc) is 3.30. The molecule has 8 nitrogen and oxygen atoms in total. The van der Waals surface area contributed by atoms with Gasteiger partial charge < -0.3 is 19.9 Å². The normalized spacial score (nSPS) is 13.7. The molecule has 1 amide bonds. The molecule has 0 spiro atoms. The number of rotatable bonds is 7. The van der Waals surface area contributed by atoms with Crippen LogP contribution in [0.3, 0.4) is 0 Å². The van der Waals surface area contributed by atoms with Gasteiger partial charge >= 0.3 is 0 Å². The highest BCUT2D eigenvalue weighted by Crippen LogP contribution is 2.21. The number of ether oxygens (including phenoxy) is 1. The van der Waals surface area contributed by atoms with Crippen molar-refractivity contribution in [1.82, 2.24) is 25.2 Å². The second kappa shape index (κ2) is 9.40. The number of pyridine rings is 1. The van der Waals surface area contributed by atoms with Gasteiger partial charge in [0.05, 0.1) is 22.6 Å². The molecule has 0 atom stereocenters. The van der Waals surface area contributed by atoms with Crippen LogP contribution in [0.2, 0.25) is 5.02 Å². The number of hydrogen-bond acceptors (Lipinski definition) is 6. The molecule has 3 aromatic rings. The first-order valence-corrected chi connectivity index (χ1v) is 10.3. The number of halogens is 2. The van der Waals surface area contributed by atoms with Gasteiger partial charge in [0.2, 0.25) is 5.91 Å². The maximum absolute atomic E-state index is 13.3. The van der Waals surface area contributed by atoms with Crippen molar-refractivity contribution in [3.8, 4) is 5.75 Å². The molecule has 1 aliphatic rings. The zero-order valence-corrected chi connectivity index (χ0v) is 17.4. The van der Waals surface area contributed by atoms with Crippen LogP contribution < -0.4 is 15.6 Å². The summed E-state index contributed by atoms with van der Waals surface area (Å²) in [4.78, 5) is 38.0. The van der Waals surface area contributed by atoms with Crippen molar-refractivity contribution in [1.29, 1.82) is 0 Å². The van der Waals surface area contributed by atoms with Crippen LogP contribution in [-0.4, -0.2) is 45.4 Å². The van der Waals surface area contributed by atoms with E-state index in [-0.39, 0.29) is 29.6 Å².